The van der Waals surface area contributed by atoms with E-state index < -0.39 is 11.0 Å². The Morgan fingerprint density at radius 3 is 2.70 bits per heavy atom. The van der Waals surface area contributed by atoms with Crippen molar-refractivity contribution in [2.45, 2.75) is 52.1 Å². The van der Waals surface area contributed by atoms with Gasteiger partial charge >= 0.3 is 0 Å². The molecular weight excluding hydrogens is 288 g/mol. The van der Waals surface area contributed by atoms with Crippen molar-refractivity contribution in [3.8, 4) is 6.07 Å². The lowest BCUT2D eigenvalue weighted by Crippen LogP contribution is -2.51. The zero-order valence-electron chi connectivity index (χ0n) is 14.0. The van der Waals surface area contributed by atoms with Gasteiger partial charge in [-0.25, -0.2) is 0 Å². The number of hydrogen-bond donors (Lipinski definition) is 2. The summed E-state index contributed by atoms with van der Waals surface area (Å²) in [6.45, 7) is 6.16. The van der Waals surface area contributed by atoms with Crippen molar-refractivity contribution >= 4 is 0 Å². The molecule has 1 unspecified atom stereocenters. The lowest BCUT2D eigenvalue weighted by molar-refractivity contribution is -0.111. The molecule has 0 spiro atoms. The van der Waals surface area contributed by atoms with Gasteiger partial charge in [0.1, 0.15) is 5.76 Å². The highest BCUT2D eigenvalue weighted by molar-refractivity contribution is 5.35. The van der Waals surface area contributed by atoms with Crippen LogP contribution < -0.4 is 0 Å². The van der Waals surface area contributed by atoms with E-state index in [1.54, 1.807) is 12.4 Å². The zero-order chi connectivity index (χ0) is 16.9. The van der Waals surface area contributed by atoms with E-state index in [0.29, 0.717) is 24.8 Å². The molecule has 1 heterocycles. The molecule has 2 N–H and O–H groups in total. The van der Waals surface area contributed by atoms with Crippen LogP contribution in [0.2, 0.25) is 0 Å². The van der Waals surface area contributed by atoms with E-state index in [1.165, 1.54) is 0 Å². The molecule has 122 valence electrons. The molecule has 2 aliphatic carbocycles. The van der Waals surface area contributed by atoms with Gasteiger partial charge in [0.2, 0.25) is 0 Å². The van der Waals surface area contributed by atoms with Gasteiger partial charge in [0.15, 0.2) is 0 Å². The topological polar surface area (TPSA) is 77.1 Å². The summed E-state index contributed by atoms with van der Waals surface area (Å²) in [6.07, 6.45) is 6.01. The highest BCUT2D eigenvalue weighted by Crippen LogP contribution is 2.62. The van der Waals surface area contributed by atoms with Crippen molar-refractivity contribution in [2.75, 3.05) is 0 Å². The molecule has 0 aromatic carbocycles. The van der Waals surface area contributed by atoms with Gasteiger partial charge in [-0.15, -0.1) is 0 Å². The first-order chi connectivity index (χ1) is 10.7. The van der Waals surface area contributed by atoms with Crippen LogP contribution in [-0.4, -0.2) is 15.2 Å². The molecule has 4 nitrogen and oxygen atoms in total. The Hall–Kier alpha value is -1.86. The summed E-state index contributed by atoms with van der Waals surface area (Å²) >= 11 is 0. The molecule has 0 saturated heterocycles. The quantitative estimate of drug-likeness (QED) is 0.826. The Labute approximate surface area is 137 Å². The monoisotopic (exact) mass is 312 g/mol. The van der Waals surface area contributed by atoms with Gasteiger partial charge in [0.05, 0.1) is 17.2 Å². The van der Waals surface area contributed by atoms with Crippen LogP contribution in [0.5, 0.6) is 0 Å². The van der Waals surface area contributed by atoms with E-state index in [0.717, 1.165) is 12.0 Å². The Morgan fingerprint density at radius 2 is 2.09 bits per heavy atom. The van der Waals surface area contributed by atoms with Crippen molar-refractivity contribution in [1.29, 1.82) is 5.26 Å². The number of hydrogen-bond acceptors (Lipinski definition) is 4. The molecule has 1 fully saturated rings. The maximum absolute atomic E-state index is 11.2. The fraction of sp³-hybridized carbons (Fsp3) is 0.579. The predicted molar refractivity (Wildman–Crippen MR) is 87.2 cm³/mol. The molecular formula is C19H24N2O2. The van der Waals surface area contributed by atoms with Crippen LogP contribution in [0.4, 0.5) is 0 Å². The third kappa shape index (κ3) is 2.35. The van der Waals surface area contributed by atoms with Crippen LogP contribution in [0, 0.1) is 28.1 Å². The molecule has 0 bridgehead atoms. The molecule has 23 heavy (non-hydrogen) atoms. The fourth-order valence-corrected chi connectivity index (χ4v) is 5.05. The summed E-state index contributed by atoms with van der Waals surface area (Å²) < 4.78 is 0. The van der Waals surface area contributed by atoms with Gasteiger partial charge in [0, 0.05) is 23.4 Å². The number of nitrogens with zero attached hydrogens (tertiary/aromatic N) is 2. The van der Waals surface area contributed by atoms with Gasteiger partial charge in [-0.1, -0.05) is 26.8 Å². The number of nitriles is 1. The van der Waals surface area contributed by atoms with E-state index in [-0.39, 0.29) is 17.1 Å². The Kier molecular flexibility index (Phi) is 3.53. The Morgan fingerprint density at radius 1 is 1.35 bits per heavy atom. The third-order valence-corrected chi connectivity index (χ3v) is 6.07. The van der Waals surface area contributed by atoms with Gasteiger partial charge in [-0.3, -0.25) is 4.98 Å². The van der Waals surface area contributed by atoms with Crippen molar-refractivity contribution < 1.29 is 10.2 Å². The van der Waals surface area contributed by atoms with Gasteiger partial charge in [0.25, 0.3) is 0 Å². The minimum Gasteiger partial charge on any atom is -0.511 e. The summed E-state index contributed by atoms with van der Waals surface area (Å²) in [4.78, 5) is 4.14. The number of aliphatic hydroxyl groups is 2. The number of rotatable bonds is 1. The molecule has 0 aliphatic heterocycles. The fourth-order valence-electron chi connectivity index (χ4n) is 5.05. The van der Waals surface area contributed by atoms with Gasteiger partial charge in [-0.2, -0.15) is 5.26 Å². The molecule has 1 aromatic heterocycles. The summed E-state index contributed by atoms with van der Waals surface area (Å²) in [6, 6.07) is 5.94. The number of allylic oxidation sites excluding steroid dienone is 2. The second kappa shape index (κ2) is 5.07. The van der Waals surface area contributed by atoms with E-state index in [1.807, 2.05) is 26.0 Å². The summed E-state index contributed by atoms with van der Waals surface area (Å²) in [5.41, 5.74) is -0.264. The highest BCUT2D eigenvalue weighted by Gasteiger charge is 2.56. The first-order valence-corrected chi connectivity index (χ1v) is 8.18. The smallest absolute Gasteiger partial charge is 0.112 e. The van der Waals surface area contributed by atoms with E-state index in [2.05, 4.69) is 18.0 Å². The largest absolute Gasteiger partial charge is 0.511 e. The minimum absolute atomic E-state index is 0.219. The lowest BCUT2D eigenvalue weighted by atomic mass is 9.49. The summed E-state index contributed by atoms with van der Waals surface area (Å²) in [5, 5.41) is 31.1. The molecule has 1 saturated carbocycles. The molecule has 0 amide bonds. The van der Waals surface area contributed by atoms with Crippen LogP contribution in [0.3, 0.4) is 0 Å². The van der Waals surface area contributed by atoms with Crippen molar-refractivity contribution in [3.63, 3.8) is 0 Å². The van der Waals surface area contributed by atoms with Crippen molar-refractivity contribution in [3.05, 3.63) is 41.4 Å². The van der Waals surface area contributed by atoms with Crippen LogP contribution in [-0.2, 0) is 5.60 Å². The maximum atomic E-state index is 11.2. The number of aliphatic hydroxyl groups excluding tert-OH is 1. The lowest BCUT2D eigenvalue weighted by Gasteiger charge is -2.56. The number of pyridine rings is 1. The van der Waals surface area contributed by atoms with Crippen LogP contribution in [0.1, 0.15) is 52.0 Å². The minimum atomic E-state index is -0.914. The van der Waals surface area contributed by atoms with E-state index in [9.17, 15) is 15.5 Å². The van der Waals surface area contributed by atoms with Gasteiger partial charge < -0.3 is 10.2 Å². The second-order valence-corrected chi connectivity index (χ2v) is 8.03. The van der Waals surface area contributed by atoms with Crippen molar-refractivity contribution in [1.82, 2.24) is 4.98 Å². The van der Waals surface area contributed by atoms with Crippen LogP contribution in [0.15, 0.2) is 35.9 Å². The summed E-state index contributed by atoms with van der Waals surface area (Å²) in [7, 11) is 0. The Bertz CT molecular complexity index is 689. The van der Waals surface area contributed by atoms with E-state index in [4.69, 9.17) is 0 Å². The number of aromatic nitrogens is 1. The zero-order valence-corrected chi connectivity index (χ0v) is 14.0. The van der Waals surface area contributed by atoms with Crippen LogP contribution >= 0.6 is 0 Å². The molecule has 4 heteroatoms. The first-order valence-electron chi connectivity index (χ1n) is 8.18. The highest BCUT2D eigenvalue weighted by atomic mass is 16.3. The van der Waals surface area contributed by atoms with Crippen LogP contribution in [0.25, 0.3) is 0 Å². The first kappa shape index (κ1) is 16.0. The maximum Gasteiger partial charge on any atom is 0.112 e. The SMILES string of the molecule is CC1(C)C(O)=C(C#N)C[C@]2(C)CC(O)(c3cccnc3)CC[C@@H]12. The predicted octanol–water partition coefficient (Wildman–Crippen LogP) is 3.84. The van der Waals surface area contributed by atoms with Crippen molar-refractivity contribution in [2.24, 2.45) is 16.7 Å². The molecule has 3 rings (SSSR count). The molecule has 0 radical (unpaired) electrons. The van der Waals surface area contributed by atoms with E-state index >= 15 is 0 Å². The average molecular weight is 312 g/mol. The molecule has 3 atom stereocenters. The Balaban J connectivity index is 2.02. The molecule has 2 aliphatic rings. The standard InChI is InChI=1S/C19H24N2O2/c1-17(2)15-6-7-19(23,14-5-4-8-21-11-14)12-18(15,3)9-13(10-20)16(17)22/h4-5,8,11,15,22-23H,6-7,9,12H2,1-3H3/t15-,18+,19?/m0/s1. The third-order valence-electron chi connectivity index (χ3n) is 6.07. The second-order valence-electron chi connectivity index (χ2n) is 8.03. The normalized spacial score (nSPS) is 36.2. The summed E-state index contributed by atoms with van der Waals surface area (Å²) in [5.74, 6) is 0.471. The number of fused-ring (bicyclic) bond motifs is 1. The average Bonchev–Trinajstić information content (AvgIpc) is 2.51. The van der Waals surface area contributed by atoms with Gasteiger partial charge in [-0.05, 0) is 43.1 Å². The molecule has 1 aromatic rings.